The number of benzene rings is 1. The number of nitrogens with zero attached hydrogens (tertiary/aromatic N) is 2. The molecule has 1 aromatic carbocycles. The smallest absolute Gasteiger partial charge is 0.215 e. The fraction of sp³-hybridized carbons (Fsp3) is 0.680. The molecule has 0 heterocycles. The van der Waals surface area contributed by atoms with Gasteiger partial charge in [-0.2, -0.15) is 0 Å². The maximum Gasteiger partial charge on any atom is 0.215 e. The summed E-state index contributed by atoms with van der Waals surface area (Å²) < 4.78 is 11.8. The van der Waals surface area contributed by atoms with E-state index in [0.717, 1.165) is 67.7 Å². The first kappa shape index (κ1) is 22.7. The third kappa shape index (κ3) is 4.95. The van der Waals surface area contributed by atoms with Crippen molar-refractivity contribution in [1.29, 1.82) is 0 Å². The number of ether oxygens (including phenoxy) is 2. The molecule has 2 fully saturated rings. The number of hydrogen-bond acceptors (Lipinski definition) is 5. The molecule has 0 radical (unpaired) electrons. The number of thioether (sulfide) groups is 1. The molecule has 0 bridgehead atoms. The highest BCUT2D eigenvalue weighted by Crippen LogP contribution is 2.57. The summed E-state index contributed by atoms with van der Waals surface area (Å²) in [4.78, 5) is 18.8. The predicted octanol–water partition coefficient (Wildman–Crippen LogP) is 5.24. The standard InChI is InChI=1S/C25H36N2O3S/c1-4-27(17-28)24(31-5-2)26-23-22-14-21(30-16-18-6-7-18)9-8-19(22)15-25(23)12-10-20(29-3)11-13-25/h8-9,14,17-18,20,23H,4-7,10-13,15-16H2,1-3H3. The molecule has 0 N–H and O–H groups in total. The van der Waals surface area contributed by atoms with Crippen LogP contribution in [0.1, 0.15) is 69.5 Å². The van der Waals surface area contributed by atoms with Crippen LogP contribution in [-0.2, 0) is 16.0 Å². The molecule has 0 saturated heterocycles. The van der Waals surface area contributed by atoms with Crippen molar-refractivity contribution in [2.24, 2.45) is 16.3 Å². The van der Waals surface area contributed by atoms with Crippen molar-refractivity contribution in [1.82, 2.24) is 4.90 Å². The first-order chi connectivity index (χ1) is 15.1. The van der Waals surface area contributed by atoms with E-state index in [0.29, 0.717) is 12.6 Å². The summed E-state index contributed by atoms with van der Waals surface area (Å²) in [7, 11) is 1.82. The molecule has 3 aliphatic carbocycles. The van der Waals surface area contributed by atoms with E-state index in [1.807, 2.05) is 14.0 Å². The molecule has 1 spiro atoms. The molecule has 1 amide bonds. The van der Waals surface area contributed by atoms with Crippen molar-refractivity contribution in [2.45, 2.75) is 70.9 Å². The van der Waals surface area contributed by atoms with E-state index < -0.39 is 0 Å². The second-order valence-corrected chi connectivity index (χ2v) is 10.5. The first-order valence-corrected chi connectivity index (χ1v) is 12.8. The monoisotopic (exact) mass is 444 g/mol. The van der Waals surface area contributed by atoms with E-state index in [-0.39, 0.29) is 11.5 Å². The van der Waals surface area contributed by atoms with Gasteiger partial charge in [0.1, 0.15) is 5.75 Å². The maximum absolute atomic E-state index is 11.7. The van der Waals surface area contributed by atoms with Gasteiger partial charge in [0.05, 0.1) is 18.8 Å². The number of methoxy groups -OCH3 is 1. The zero-order chi connectivity index (χ0) is 21.8. The van der Waals surface area contributed by atoms with Crippen LogP contribution in [0.25, 0.3) is 0 Å². The second kappa shape index (κ2) is 9.95. The van der Waals surface area contributed by atoms with Crippen molar-refractivity contribution in [3.05, 3.63) is 29.3 Å². The average molecular weight is 445 g/mol. The zero-order valence-corrected chi connectivity index (χ0v) is 20.0. The predicted molar refractivity (Wildman–Crippen MR) is 127 cm³/mol. The summed E-state index contributed by atoms with van der Waals surface area (Å²) in [6.45, 7) is 5.58. The van der Waals surface area contributed by atoms with Crippen LogP contribution in [0.5, 0.6) is 5.75 Å². The Morgan fingerprint density at radius 1 is 1.26 bits per heavy atom. The minimum atomic E-state index is 0.0628. The molecule has 2 saturated carbocycles. The van der Waals surface area contributed by atoms with E-state index in [4.69, 9.17) is 14.5 Å². The van der Waals surface area contributed by atoms with Crippen LogP contribution in [0.4, 0.5) is 0 Å². The Morgan fingerprint density at radius 3 is 2.65 bits per heavy atom. The Kier molecular flexibility index (Phi) is 7.27. The van der Waals surface area contributed by atoms with Crippen molar-refractivity contribution >= 4 is 23.3 Å². The Morgan fingerprint density at radius 2 is 2.03 bits per heavy atom. The molecule has 0 aliphatic heterocycles. The number of fused-ring (bicyclic) bond motifs is 1. The van der Waals surface area contributed by atoms with Gasteiger partial charge in [-0.1, -0.05) is 24.8 Å². The summed E-state index contributed by atoms with van der Waals surface area (Å²) in [5.41, 5.74) is 2.78. The third-order valence-electron chi connectivity index (χ3n) is 7.21. The Hall–Kier alpha value is -1.53. The van der Waals surface area contributed by atoms with Crippen LogP contribution >= 0.6 is 11.8 Å². The maximum atomic E-state index is 11.7. The highest BCUT2D eigenvalue weighted by Gasteiger charge is 2.48. The highest BCUT2D eigenvalue weighted by molar-refractivity contribution is 8.13. The van der Waals surface area contributed by atoms with Gasteiger partial charge in [0.15, 0.2) is 5.17 Å². The number of aliphatic imine (C=N–C) groups is 1. The van der Waals surface area contributed by atoms with Crippen molar-refractivity contribution in [3.63, 3.8) is 0 Å². The minimum absolute atomic E-state index is 0.0628. The summed E-state index contributed by atoms with van der Waals surface area (Å²) >= 11 is 1.66. The lowest BCUT2D eigenvalue weighted by Gasteiger charge is -2.40. The van der Waals surface area contributed by atoms with Gasteiger partial charge in [-0.3, -0.25) is 14.7 Å². The molecule has 170 valence electrons. The Labute approximate surface area is 191 Å². The summed E-state index contributed by atoms with van der Waals surface area (Å²) in [6.07, 6.45) is 9.24. The first-order valence-electron chi connectivity index (χ1n) is 11.8. The average Bonchev–Trinajstić information content (AvgIpc) is 3.58. The zero-order valence-electron chi connectivity index (χ0n) is 19.1. The lowest BCUT2D eigenvalue weighted by Crippen LogP contribution is -2.35. The highest BCUT2D eigenvalue weighted by atomic mass is 32.2. The van der Waals surface area contributed by atoms with E-state index in [2.05, 4.69) is 25.1 Å². The Balaban J connectivity index is 1.68. The van der Waals surface area contributed by atoms with E-state index in [1.54, 1.807) is 16.7 Å². The van der Waals surface area contributed by atoms with Gasteiger partial charge in [0, 0.05) is 19.1 Å². The number of amides is 1. The van der Waals surface area contributed by atoms with Gasteiger partial charge >= 0.3 is 0 Å². The van der Waals surface area contributed by atoms with Crippen LogP contribution in [0.2, 0.25) is 0 Å². The molecule has 6 heteroatoms. The molecule has 4 rings (SSSR count). The largest absolute Gasteiger partial charge is 0.493 e. The van der Waals surface area contributed by atoms with Crippen LogP contribution < -0.4 is 4.74 Å². The van der Waals surface area contributed by atoms with Crippen LogP contribution in [0.3, 0.4) is 0 Å². The quantitative estimate of drug-likeness (QED) is 0.313. The lowest BCUT2D eigenvalue weighted by atomic mass is 9.69. The van der Waals surface area contributed by atoms with Crippen molar-refractivity contribution < 1.29 is 14.3 Å². The second-order valence-electron chi connectivity index (χ2n) is 9.23. The summed E-state index contributed by atoms with van der Waals surface area (Å²) in [5.74, 6) is 2.59. The van der Waals surface area contributed by atoms with Crippen molar-refractivity contribution in [3.8, 4) is 5.75 Å². The molecule has 1 aromatic rings. The number of carbonyl (C=O) groups is 1. The molecular weight excluding hydrogens is 408 g/mol. The Bertz CT molecular complexity index is 800. The molecule has 31 heavy (non-hydrogen) atoms. The van der Waals surface area contributed by atoms with Crippen LogP contribution in [0, 0.1) is 11.3 Å². The van der Waals surface area contributed by atoms with E-state index in [1.165, 1.54) is 24.0 Å². The van der Waals surface area contributed by atoms with Gasteiger partial charge in [0.2, 0.25) is 6.41 Å². The van der Waals surface area contributed by atoms with Crippen molar-refractivity contribution in [2.75, 3.05) is 26.0 Å². The normalized spacial score (nSPS) is 27.9. The lowest BCUT2D eigenvalue weighted by molar-refractivity contribution is -0.114. The topological polar surface area (TPSA) is 51.1 Å². The number of rotatable bonds is 8. The summed E-state index contributed by atoms with van der Waals surface area (Å²) in [5, 5.41) is 0.843. The van der Waals surface area contributed by atoms with Gasteiger partial charge in [0.25, 0.3) is 0 Å². The number of carbonyl (C=O) groups excluding carboxylic acids is 1. The van der Waals surface area contributed by atoms with E-state index in [9.17, 15) is 4.79 Å². The molecule has 0 aromatic heterocycles. The summed E-state index contributed by atoms with van der Waals surface area (Å²) in [6, 6.07) is 6.68. The fourth-order valence-corrected chi connectivity index (χ4v) is 5.91. The SMILES string of the molecule is CCSC(=NC1c2cc(OCC3CC3)ccc2CC12CCC(OC)CC2)N(C=O)CC. The van der Waals surface area contributed by atoms with Gasteiger partial charge in [-0.25, -0.2) is 0 Å². The van der Waals surface area contributed by atoms with Crippen LogP contribution in [0.15, 0.2) is 23.2 Å². The van der Waals surface area contributed by atoms with Gasteiger partial charge in [-0.15, -0.1) is 0 Å². The molecule has 3 aliphatic rings. The fourth-order valence-electron chi connectivity index (χ4n) is 5.13. The van der Waals surface area contributed by atoms with Crippen LogP contribution in [-0.4, -0.2) is 48.6 Å². The minimum Gasteiger partial charge on any atom is -0.493 e. The third-order valence-corrected chi connectivity index (χ3v) is 8.09. The molecule has 5 nitrogen and oxygen atoms in total. The van der Waals surface area contributed by atoms with E-state index >= 15 is 0 Å². The number of hydrogen-bond donors (Lipinski definition) is 0. The molecule has 1 unspecified atom stereocenters. The van der Waals surface area contributed by atoms with Gasteiger partial charge < -0.3 is 9.47 Å². The molecular formula is C25H36N2O3S. The van der Waals surface area contributed by atoms with Gasteiger partial charge in [-0.05, 0) is 86.8 Å². The number of amidine groups is 1. The molecule has 1 atom stereocenters.